The van der Waals surface area contributed by atoms with Gasteiger partial charge in [0.15, 0.2) is 34.6 Å². The van der Waals surface area contributed by atoms with Gasteiger partial charge in [0.2, 0.25) is 0 Å². The predicted molar refractivity (Wildman–Crippen MR) is 235 cm³/mol. The number of carbonyl (C=O) groups is 3. The van der Waals surface area contributed by atoms with E-state index in [2.05, 4.69) is 50.7 Å². The van der Waals surface area contributed by atoms with Crippen LogP contribution in [-0.2, 0) is 4.74 Å². The molecule has 69 heavy (non-hydrogen) atoms. The second-order valence-corrected chi connectivity index (χ2v) is 15.1. The number of benzene rings is 4. The zero-order chi connectivity index (χ0) is 51.0. The van der Waals surface area contributed by atoms with Crippen LogP contribution in [0.3, 0.4) is 0 Å². The highest BCUT2D eigenvalue weighted by Crippen LogP contribution is 2.41. The number of methoxy groups -OCH3 is 3. The van der Waals surface area contributed by atoms with Crippen LogP contribution in [-0.4, -0.2) is 61.8 Å². The van der Waals surface area contributed by atoms with Gasteiger partial charge in [-0.15, -0.1) is 26.3 Å². The van der Waals surface area contributed by atoms with Gasteiger partial charge in [0.1, 0.15) is 44.4 Å². The molecule has 6 aromatic rings. The lowest BCUT2D eigenvalue weighted by Gasteiger charge is -2.16. The highest BCUT2D eigenvalue weighted by molar-refractivity contribution is 9.10. The maximum atomic E-state index is 15.0. The van der Waals surface area contributed by atoms with E-state index >= 15 is 0 Å². The molecule has 4 aromatic carbocycles. The van der Waals surface area contributed by atoms with Crippen molar-refractivity contribution in [3.8, 4) is 46.0 Å². The molecule has 2 heterocycles. The van der Waals surface area contributed by atoms with Crippen LogP contribution in [0.2, 0.25) is 10.0 Å². The van der Waals surface area contributed by atoms with Crippen molar-refractivity contribution in [3.63, 3.8) is 0 Å². The van der Waals surface area contributed by atoms with Gasteiger partial charge in [-0.3, -0.25) is 9.59 Å². The summed E-state index contributed by atoms with van der Waals surface area (Å²) in [5, 5.41) is 4.30. The Morgan fingerprint density at radius 2 is 0.986 bits per heavy atom. The van der Waals surface area contributed by atoms with Crippen molar-refractivity contribution in [1.29, 1.82) is 0 Å². The first kappa shape index (κ1) is 52.9. The van der Waals surface area contributed by atoms with Crippen molar-refractivity contribution < 1.29 is 82.7 Å². The second kappa shape index (κ2) is 22.3. The number of pyridine rings is 2. The van der Waals surface area contributed by atoms with Gasteiger partial charge in [0, 0.05) is 35.9 Å². The van der Waals surface area contributed by atoms with Crippen LogP contribution in [0.15, 0.2) is 89.8 Å². The monoisotopic (exact) mass is 1080 g/mol. The van der Waals surface area contributed by atoms with Gasteiger partial charge >= 0.3 is 18.7 Å². The number of carbonyl (C=O) groups excluding carboxylic acids is 3. The Morgan fingerprint density at radius 3 is 1.39 bits per heavy atom. The summed E-state index contributed by atoms with van der Waals surface area (Å²) in [6, 6.07) is 13.5. The first-order valence-corrected chi connectivity index (χ1v) is 20.5. The van der Waals surface area contributed by atoms with Crippen molar-refractivity contribution in [2.75, 3.05) is 32.0 Å². The molecule has 0 fully saturated rings. The Kier molecular flexibility index (Phi) is 17.1. The summed E-state index contributed by atoms with van der Waals surface area (Å²) in [6.07, 6.45) is -7.03. The van der Waals surface area contributed by atoms with Crippen molar-refractivity contribution in [2.24, 2.45) is 0 Å². The molecule has 2 amide bonds. The van der Waals surface area contributed by atoms with E-state index in [0.29, 0.717) is 21.4 Å². The van der Waals surface area contributed by atoms with Crippen LogP contribution < -0.4 is 39.1 Å². The molecule has 0 unspecified atom stereocenters. The summed E-state index contributed by atoms with van der Waals surface area (Å²) in [5.74, 6) is -7.06. The smallest absolute Gasteiger partial charge is 0.493 e. The summed E-state index contributed by atoms with van der Waals surface area (Å²) >= 11 is 14.9. The first-order chi connectivity index (χ1) is 32.4. The van der Waals surface area contributed by atoms with Crippen LogP contribution in [0.1, 0.15) is 42.3 Å². The molecule has 0 atom stereocenters. The van der Waals surface area contributed by atoms with Crippen LogP contribution in [0, 0.1) is 25.5 Å². The zero-order valence-electron chi connectivity index (χ0n) is 35.7. The maximum Gasteiger partial charge on any atom is 0.573 e. The van der Waals surface area contributed by atoms with Gasteiger partial charge < -0.3 is 43.8 Å². The summed E-state index contributed by atoms with van der Waals surface area (Å²) < 4.78 is 139. The Bertz CT molecular complexity index is 2910. The molecular formula is C44H31BrCl2F8N4O10. The number of aromatic nitrogens is 2. The number of anilines is 2. The highest BCUT2D eigenvalue weighted by Gasteiger charge is 2.33. The molecule has 0 aliphatic heterocycles. The third kappa shape index (κ3) is 14.0. The number of alkyl halides is 6. The number of ether oxygens (including phenoxy) is 7. The molecule has 6 rings (SSSR count). The molecule has 2 aromatic heterocycles. The molecule has 0 aliphatic carbocycles. The maximum absolute atomic E-state index is 15.0. The van der Waals surface area contributed by atoms with Crippen molar-refractivity contribution in [2.45, 2.75) is 26.6 Å². The van der Waals surface area contributed by atoms with E-state index in [-0.39, 0.29) is 50.9 Å². The van der Waals surface area contributed by atoms with E-state index in [1.165, 1.54) is 56.9 Å². The lowest BCUT2D eigenvalue weighted by atomic mass is 10.1. The number of aryl methyl sites for hydroxylation is 2. The van der Waals surface area contributed by atoms with Crippen molar-refractivity contribution in [3.05, 3.63) is 139 Å². The summed E-state index contributed by atoms with van der Waals surface area (Å²) in [5.41, 5.74) is 0.308. The molecule has 0 saturated carbocycles. The summed E-state index contributed by atoms with van der Waals surface area (Å²) in [6.45, 7) is 3.28. The quantitative estimate of drug-likeness (QED) is 0.0640. The number of rotatable bonds is 13. The zero-order valence-corrected chi connectivity index (χ0v) is 38.8. The number of esters is 1. The highest BCUT2D eigenvalue weighted by atomic mass is 79.9. The Morgan fingerprint density at radius 1 is 0.580 bits per heavy atom. The van der Waals surface area contributed by atoms with Crippen molar-refractivity contribution in [1.82, 2.24) is 9.97 Å². The Balaban J connectivity index is 0.000000258. The van der Waals surface area contributed by atoms with Crippen LogP contribution >= 0.6 is 39.1 Å². The third-order valence-corrected chi connectivity index (χ3v) is 9.83. The number of amides is 2. The normalized spacial score (nSPS) is 11.1. The van der Waals surface area contributed by atoms with Gasteiger partial charge in [-0.2, -0.15) is 0 Å². The number of halogens is 11. The van der Waals surface area contributed by atoms with E-state index in [0.717, 1.165) is 49.6 Å². The van der Waals surface area contributed by atoms with E-state index in [1.54, 1.807) is 13.8 Å². The number of nitrogens with zero attached hydrogens (tertiary/aromatic N) is 2. The predicted octanol–water partition coefficient (Wildman–Crippen LogP) is 12.8. The number of hydrogen-bond donors (Lipinski definition) is 2. The lowest BCUT2D eigenvalue weighted by molar-refractivity contribution is -0.275. The SMILES string of the molecule is COC(=O)c1cc(NC(=O)c2c(Oc3ccc(OC(F)(F)F)cc3OC)ccc(Cl)c2F)c(C)cn1.COc1cc(OC(F)(F)F)ccc1Oc1ccc(Cl)c(F)c1C(=O)Nc1cc(Br)ncc1C. The minimum absolute atomic E-state index is 0.0920. The average molecular weight is 1080 g/mol. The fourth-order valence-corrected chi connectivity index (χ4v) is 6.28. The molecule has 2 N–H and O–H groups in total. The Labute approximate surface area is 403 Å². The van der Waals surface area contributed by atoms with Gasteiger partial charge in [-0.05, 0) is 102 Å². The van der Waals surface area contributed by atoms with Gasteiger partial charge in [-0.1, -0.05) is 23.2 Å². The van der Waals surface area contributed by atoms with E-state index in [1.807, 2.05) is 0 Å². The van der Waals surface area contributed by atoms with E-state index in [9.17, 15) is 49.5 Å². The fraction of sp³-hybridized carbons (Fsp3) is 0.159. The average Bonchev–Trinajstić information content (AvgIpc) is 3.28. The number of hydrogen-bond acceptors (Lipinski definition) is 12. The minimum Gasteiger partial charge on any atom is -0.493 e. The lowest BCUT2D eigenvalue weighted by Crippen LogP contribution is -2.17. The third-order valence-electron chi connectivity index (χ3n) is 8.81. The first-order valence-electron chi connectivity index (χ1n) is 18.9. The molecule has 0 spiro atoms. The van der Waals surface area contributed by atoms with Crippen LogP contribution in [0.25, 0.3) is 0 Å². The Hall–Kier alpha value is -7.11. The van der Waals surface area contributed by atoms with E-state index in [4.69, 9.17) is 42.1 Å². The topological polar surface area (TPSA) is 166 Å². The standard InChI is InChI=1S/C23H17ClF4N2O6.C21H14BrClF4N2O4/c1-11-10-29-15(22(32)34-3)9-14(11)30-21(31)19-17(7-5-13(24)20(19)25)35-16-6-4-12(8-18(16)33-2)36-23(26,27)28;1-10-9-28-17(22)8-13(10)29-20(30)18-15(6-4-12(23)19(18)24)32-14-5-3-11(7-16(14)31-2)33-21(25,26)27/h4-10H,1-3H3,(H,29,30,31);3-9H,1-2H3,(H,28,29,30). The number of nitrogens with one attached hydrogen (secondary N) is 2. The van der Waals surface area contributed by atoms with Gasteiger partial charge in [0.25, 0.3) is 11.8 Å². The molecule has 14 nitrogen and oxygen atoms in total. The minimum atomic E-state index is -4.93. The summed E-state index contributed by atoms with van der Waals surface area (Å²) in [4.78, 5) is 45.7. The summed E-state index contributed by atoms with van der Waals surface area (Å²) in [7, 11) is 3.52. The molecule has 0 bridgehead atoms. The largest absolute Gasteiger partial charge is 0.573 e. The molecule has 25 heteroatoms. The molecule has 0 radical (unpaired) electrons. The second-order valence-electron chi connectivity index (χ2n) is 13.5. The molecule has 0 saturated heterocycles. The molecule has 364 valence electrons. The van der Waals surface area contributed by atoms with Crippen LogP contribution in [0.5, 0.6) is 46.0 Å². The fourth-order valence-electron chi connectivity index (χ4n) is 5.63. The molecular weight excluding hydrogens is 1050 g/mol. The van der Waals surface area contributed by atoms with Crippen LogP contribution in [0.4, 0.5) is 46.5 Å². The van der Waals surface area contributed by atoms with Gasteiger partial charge in [0.05, 0.1) is 31.4 Å². The molecule has 0 aliphatic rings. The van der Waals surface area contributed by atoms with E-state index < -0.39 is 69.8 Å². The van der Waals surface area contributed by atoms with Gasteiger partial charge in [-0.25, -0.2) is 23.5 Å². The van der Waals surface area contributed by atoms with Crippen molar-refractivity contribution >= 4 is 68.3 Å².